The van der Waals surface area contributed by atoms with Gasteiger partial charge in [0.2, 0.25) is 5.91 Å². The number of hydrogen-bond donors (Lipinski definition) is 1. The molecule has 0 bridgehead atoms. The maximum Gasteiger partial charge on any atom is 0.257 e. The van der Waals surface area contributed by atoms with Crippen LogP contribution in [-0.2, 0) is 11.3 Å². The Bertz CT molecular complexity index is 990. The normalized spacial score (nSPS) is 16.1. The van der Waals surface area contributed by atoms with Gasteiger partial charge in [0.25, 0.3) is 5.91 Å². The smallest absolute Gasteiger partial charge is 0.257 e. The first-order valence-electron chi connectivity index (χ1n) is 10.6. The summed E-state index contributed by atoms with van der Waals surface area (Å²) in [5.74, 6) is 2.15. The van der Waals surface area contributed by atoms with E-state index in [4.69, 9.17) is 9.47 Å². The highest BCUT2D eigenvalue weighted by Crippen LogP contribution is 2.39. The highest BCUT2D eigenvalue weighted by Gasteiger charge is 2.37. The van der Waals surface area contributed by atoms with E-state index in [0.29, 0.717) is 35.9 Å². The summed E-state index contributed by atoms with van der Waals surface area (Å²) in [7, 11) is 1.62. The van der Waals surface area contributed by atoms with Crippen LogP contribution in [0.1, 0.15) is 47.3 Å². The van der Waals surface area contributed by atoms with Gasteiger partial charge >= 0.3 is 0 Å². The average molecular weight is 441 g/mol. The Labute approximate surface area is 187 Å². The SMILES string of the molecule is CCOc1cc(C(CSC)N2Cc3cccc(NC(=O)C4CC4)c3C2=O)ccc1OC. The van der Waals surface area contributed by atoms with E-state index in [-0.39, 0.29) is 23.8 Å². The lowest BCUT2D eigenvalue weighted by molar-refractivity contribution is -0.117. The predicted octanol–water partition coefficient (Wildman–Crippen LogP) is 4.50. The Morgan fingerprint density at radius 1 is 1.26 bits per heavy atom. The molecule has 164 valence electrons. The summed E-state index contributed by atoms with van der Waals surface area (Å²) in [5.41, 5.74) is 3.18. The summed E-state index contributed by atoms with van der Waals surface area (Å²) in [4.78, 5) is 27.7. The van der Waals surface area contributed by atoms with Crippen molar-refractivity contribution in [2.45, 2.75) is 32.4 Å². The molecule has 0 radical (unpaired) electrons. The molecular formula is C24H28N2O4S. The lowest BCUT2D eigenvalue weighted by Gasteiger charge is -2.28. The predicted molar refractivity (Wildman–Crippen MR) is 123 cm³/mol. The Kier molecular flexibility index (Phi) is 6.41. The third-order valence-electron chi connectivity index (χ3n) is 5.75. The van der Waals surface area contributed by atoms with Crippen molar-refractivity contribution in [3.63, 3.8) is 0 Å². The van der Waals surface area contributed by atoms with Crippen molar-refractivity contribution in [1.29, 1.82) is 0 Å². The number of methoxy groups -OCH3 is 1. The van der Waals surface area contributed by atoms with Gasteiger partial charge in [-0.25, -0.2) is 0 Å². The second-order valence-electron chi connectivity index (χ2n) is 7.85. The van der Waals surface area contributed by atoms with E-state index in [0.717, 1.165) is 29.7 Å². The standard InChI is InChI=1S/C24H28N2O4S/c1-4-30-21-12-16(10-11-20(21)29-2)19(14-31-3)26-13-17-6-5-7-18(22(17)24(26)28)25-23(27)15-8-9-15/h5-7,10-12,15,19H,4,8-9,13-14H2,1-3H3,(H,25,27). The van der Waals surface area contributed by atoms with E-state index in [2.05, 4.69) is 5.32 Å². The van der Waals surface area contributed by atoms with E-state index < -0.39 is 0 Å². The van der Waals surface area contributed by atoms with Gasteiger partial charge in [0.1, 0.15) is 0 Å². The second-order valence-corrected chi connectivity index (χ2v) is 8.76. The number of anilines is 1. The molecule has 2 aromatic carbocycles. The fourth-order valence-electron chi connectivity index (χ4n) is 4.01. The fraction of sp³-hybridized carbons (Fsp3) is 0.417. The molecule has 1 atom stereocenters. The van der Waals surface area contributed by atoms with Gasteiger partial charge in [0.15, 0.2) is 11.5 Å². The van der Waals surface area contributed by atoms with Crippen molar-refractivity contribution in [2.24, 2.45) is 5.92 Å². The molecule has 1 fully saturated rings. The van der Waals surface area contributed by atoms with Gasteiger partial charge in [-0.3, -0.25) is 9.59 Å². The van der Waals surface area contributed by atoms with E-state index in [1.807, 2.05) is 54.5 Å². The van der Waals surface area contributed by atoms with Crippen molar-refractivity contribution in [3.05, 3.63) is 53.1 Å². The van der Waals surface area contributed by atoms with Gasteiger partial charge in [-0.2, -0.15) is 11.8 Å². The minimum atomic E-state index is -0.119. The minimum Gasteiger partial charge on any atom is -0.493 e. The molecule has 0 spiro atoms. The molecule has 1 aliphatic heterocycles. The molecule has 6 nitrogen and oxygen atoms in total. The minimum absolute atomic E-state index is 0.0109. The Balaban J connectivity index is 1.64. The quantitative estimate of drug-likeness (QED) is 0.622. The molecule has 1 unspecified atom stereocenters. The number of hydrogen-bond acceptors (Lipinski definition) is 5. The molecule has 1 saturated carbocycles. The van der Waals surface area contributed by atoms with Crippen LogP contribution < -0.4 is 14.8 Å². The number of benzene rings is 2. The molecule has 1 N–H and O–H groups in total. The van der Waals surface area contributed by atoms with Crippen LogP contribution in [0.5, 0.6) is 11.5 Å². The van der Waals surface area contributed by atoms with Crippen LogP contribution in [0.2, 0.25) is 0 Å². The monoisotopic (exact) mass is 440 g/mol. The molecule has 31 heavy (non-hydrogen) atoms. The van der Waals surface area contributed by atoms with Gasteiger partial charge in [-0.15, -0.1) is 0 Å². The van der Waals surface area contributed by atoms with Crippen LogP contribution in [0.3, 0.4) is 0 Å². The van der Waals surface area contributed by atoms with Gasteiger partial charge in [0, 0.05) is 18.2 Å². The highest BCUT2D eigenvalue weighted by atomic mass is 32.2. The lowest BCUT2D eigenvalue weighted by Crippen LogP contribution is -2.31. The van der Waals surface area contributed by atoms with Gasteiger partial charge in [-0.05, 0) is 55.3 Å². The molecular weight excluding hydrogens is 412 g/mol. The van der Waals surface area contributed by atoms with Crippen molar-refractivity contribution in [3.8, 4) is 11.5 Å². The molecule has 4 rings (SSSR count). The third kappa shape index (κ3) is 4.37. The van der Waals surface area contributed by atoms with Crippen molar-refractivity contribution >= 4 is 29.3 Å². The summed E-state index contributed by atoms with van der Waals surface area (Å²) in [6, 6.07) is 11.4. The van der Waals surface area contributed by atoms with Gasteiger partial charge in [0.05, 0.1) is 31.0 Å². The molecule has 2 amide bonds. The van der Waals surface area contributed by atoms with E-state index in [9.17, 15) is 9.59 Å². The zero-order valence-electron chi connectivity index (χ0n) is 18.1. The maximum absolute atomic E-state index is 13.5. The topological polar surface area (TPSA) is 67.9 Å². The molecule has 7 heteroatoms. The number of nitrogens with one attached hydrogen (secondary N) is 1. The van der Waals surface area contributed by atoms with Crippen molar-refractivity contribution in [2.75, 3.05) is 31.0 Å². The summed E-state index contributed by atoms with van der Waals surface area (Å²) >= 11 is 1.69. The molecule has 2 aromatic rings. The summed E-state index contributed by atoms with van der Waals surface area (Å²) in [5, 5.41) is 2.98. The summed E-state index contributed by atoms with van der Waals surface area (Å²) in [6.07, 6.45) is 3.89. The molecule has 2 aliphatic rings. The van der Waals surface area contributed by atoms with Crippen molar-refractivity contribution < 1.29 is 19.1 Å². The number of ether oxygens (including phenoxy) is 2. The van der Waals surface area contributed by atoms with Crippen LogP contribution in [-0.4, -0.2) is 42.4 Å². The third-order valence-corrected chi connectivity index (χ3v) is 6.39. The Hall–Kier alpha value is -2.67. The van der Waals surface area contributed by atoms with E-state index >= 15 is 0 Å². The van der Waals surface area contributed by atoms with Crippen LogP contribution >= 0.6 is 11.8 Å². The van der Waals surface area contributed by atoms with Crippen LogP contribution in [0, 0.1) is 5.92 Å². The van der Waals surface area contributed by atoms with E-state index in [1.165, 1.54) is 0 Å². The number of thioether (sulfide) groups is 1. The van der Waals surface area contributed by atoms with Gasteiger partial charge in [-0.1, -0.05) is 18.2 Å². The first-order valence-corrected chi connectivity index (χ1v) is 12.0. The number of rotatable bonds is 9. The molecule has 0 aromatic heterocycles. The number of carbonyl (C=O) groups is 2. The largest absolute Gasteiger partial charge is 0.493 e. The summed E-state index contributed by atoms with van der Waals surface area (Å²) in [6.45, 7) is 2.98. The van der Waals surface area contributed by atoms with Crippen molar-refractivity contribution in [1.82, 2.24) is 4.90 Å². The number of amides is 2. The first-order chi connectivity index (χ1) is 15.1. The van der Waals surface area contributed by atoms with Gasteiger partial charge < -0.3 is 19.7 Å². The van der Waals surface area contributed by atoms with E-state index in [1.54, 1.807) is 18.9 Å². The number of carbonyl (C=O) groups excluding carboxylic acids is 2. The summed E-state index contributed by atoms with van der Waals surface area (Å²) < 4.78 is 11.2. The molecule has 1 heterocycles. The fourth-order valence-corrected chi connectivity index (χ4v) is 4.70. The Morgan fingerprint density at radius 3 is 2.74 bits per heavy atom. The lowest BCUT2D eigenvalue weighted by atomic mass is 10.1. The zero-order valence-corrected chi connectivity index (χ0v) is 19.0. The average Bonchev–Trinajstić information content (AvgIpc) is 3.57. The van der Waals surface area contributed by atoms with Crippen LogP contribution in [0.4, 0.5) is 5.69 Å². The highest BCUT2D eigenvalue weighted by molar-refractivity contribution is 7.98. The van der Waals surface area contributed by atoms with Crippen LogP contribution in [0.15, 0.2) is 36.4 Å². The Morgan fingerprint density at radius 2 is 2.06 bits per heavy atom. The molecule has 0 saturated heterocycles. The number of fused-ring (bicyclic) bond motifs is 1. The zero-order chi connectivity index (χ0) is 22.0. The molecule has 1 aliphatic carbocycles. The maximum atomic E-state index is 13.5. The second kappa shape index (κ2) is 9.22. The van der Waals surface area contributed by atoms with Crippen LogP contribution in [0.25, 0.3) is 0 Å². The first kappa shape index (κ1) is 21.6. The number of nitrogens with zero attached hydrogens (tertiary/aromatic N) is 1.